The van der Waals surface area contributed by atoms with Crippen LogP contribution < -0.4 is 5.43 Å². The molecule has 0 saturated carbocycles. The molecule has 1 aromatic rings. The minimum Gasteiger partial charge on any atom is -0.255 e. The van der Waals surface area contributed by atoms with Crippen LogP contribution in [0, 0.1) is 6.92 Å². The summed E-state index contributed by atoms with van der Waals surface area (Å²) < 4.78 is 0. The zero-order valence-corrected chi connectivity index (χ0v) is 8.86. The van der Waals surface area contributed by atoms with Gasteiger partial charge in [-0.15, -0.1) is 11.3 Å². The Morgan fingerprint density at radius 1 is 1.54 bits per heavy atom. The highest BCUT2D eigenvalue weighted by atomic mass is 32.1. The third kappa shape index (κ3) is 2.53. The molecule has 0 unspecified atom stereocenters. The Bertz CT molecular complexity index is 264. The van der Waals surface area contributed by atoms with Gasteiger partial charge in [0.25, 0.3) is 0 Å². The molecule has 1 aliphatic rings. The van der Waals surface area contributed by atoms with Crippen LogP contribution in [-0.4, -0.2) is 18.1 Å². The van der Waals surface area contributed by atoms with Gasteiger partial charge in [0.05, 0.1) is 0 Å². The molecular formula is C10H16N2S. The number of nitrogens with one attached hydrogen (secondary N) is 1. The Balaban J connectivity index is 1.89. The van der Waals surface area contributed by atoms with Crippen LogP contribution in [0.2, 0.25) is 0 Å². The molecule has 1 aromatic heterocycles. The van der Waals surface area contributed by atoms with Gasteiger partial charge >= 0.3 is 0 Å². The van der Waals surface area contributed by atoms with Gasteiger partial charge in [0, 0.05) is 24.5 Å². The van der Waals surface area contributed by atoms with Crippen LogP contribution in [0.3, 0.4) is 0 Å². The minimum atomic E-state index is 1.06. The van der Waals surface area contributed by atoms with Gasteiger partial charge in [-0.3, -0.25) is 5.43 Å². The van der Waals surface area contributed by atoms with E-state index in [0.717, 1.165) is 13.1 Å². The van der Waals surface area contributed by atoms with Crippen molar-refractivity contribution in [1.82, 2.24) is 10.4 Å². The van der Waals surface area contributed by atoms with Crippen molar-refractivity contribution in [1.29, 1.82) is 0 Å². The molecule has 1 aliphatic heterocycles. The van der Waals surface area contributed by atoms with Gasteiger partial charge in [0.15, 0.2) is 0 Å². The fourth-order valence-corrected chi connectivity index (χ4v) is 2.38. The van der Waals surface area contributed by atoms with E-state index in [4.69, 9.17) is 0 Å². The molecule has 0 aromatic carbocycles. The van der Waals surface area contributed by atoms with Gasteiger partial charge < -0.3 is 0 Å². The third-order valence-electron chi connectivity index (χ3n) is 2.35. The average Bonchev–Trinajstić information content (AvgIpc) is 2.53. The summed E-state index contributed by atoms with van der Waals surface area (Å²) in [5, 5.41) is 4.58. The monoisotopic (exact) mass is 196 g/mol. The maximum Gasteiger partial charge on any atom is 0.0390 e. The SMILES string of the molecule is Cc1cc(CN2CCCCN2)cs1. The van der Waals surface area contributed by atoms with Gasteiger partial charge in [-0.1, -0.05) is 0 Å². The molecule has 3 heteroatoms. The van der Waals surface area contributed by atoms with Crippen LogP contribution in [-0.2, 0) is 6.54 Å². The van der Waals surface area contributed by atoms with Crippen molar-refractivity contribution in [2.24, 2.45) is 0 Å². The smallest absolute Gasteiger partial charge is 0.0390 e. The molecule has 2 nitrogen and oxygen atoms in total. The van der Waals surface area contributed by atoms with Gasteiger partial charge in [-0.25, -0.2) is 5.01 Å². The van der Waals surface area contributed by atoms with Gasteiger partial charge in [0.2, 0.25) is 0 Å². The van der Waals surface area contributed by atoms with Gasteiger partial charge in [0.1, 0.15) is 0 Å². The summed E-state index contributed by atoms with van der Waals surface area (Å²) in [6.07, 6.45) is 2.65. The van der Waals surface area contributed by atoms with E-state index in [1.54, 1.807) is 0 Å². The number of rotatable bonds is 2. The normalized spacial score (nSPS) is 19.2. The second-order valence-corrected chi connectivity index (χ2v) is 4.72. The lowest BCUT2D eigenvalue weighted by atomic mass is 10.2. The van der Waals surface area contributed by atoms with E-state index in [0.29, 0.717) is 0 Å². The summed E-state index contributed by atoms with van der Waals surface area (Å²) >= 11 is 1.84. The van der Waals surface area contributed by atoms with Crippen LogP contribution >= 0.6 is 11.3 Å². The van der Waals surface area contributed by atoms with E-state index >= 15 is 0 Å². The molecule has 2 heterocycles. The second-order valence-electron chi connectivity index (χ2n) is 3.60. The van der Waals surface area contributed by atoms with Gasteiger partial charge in [-0.2, -0.15) is 0 Å². The highest BCUT2D eigenvalue weighted by Gasteiger charge is 2.09. The number of nitrogens with zero attached hydrogens (tertiary/aromatic N) is 1. The largest absolute Gasteiger partial charge is 0.255 e. The Morgan fingerprint density at radius 2 is 2.46 bits per heavy atom. The maximum atomic E-state index is 3.41. The molecular weight excluding hydrogens is 180 g/mol. The lowest BCUT2D eigenvalue weighted by Gasteiger charge is -2.27. The van der Waals surface area contributed by atoms with Crippen LogP contribution in [0.25, 0.3) is 0 Å². The van der Waals surface area contributed by atoms with E-state index in [2.05, 4.69) is 28.8 Å². The predicted octanol–water partition coefficient (Wildman–Crippen LogP) is 2.16. The van der Waals surface area contributed by atoms with Crippen molar-refractivity contribution in [3.63, 3.8) is 0 Å². The fourth-order valence-electron chi connectivity index (χ4n) is 1.68. The number of hydrogen-bond acceptors (Lipinski definition) is 3. The summed E-state index contributed by atoms with van der Waals surface area (Å²) in [4.78, 5) is 1.41. The summed E-state index contributed by atoms with van der Waals surface area (Å²) in [7, 11) is 0. The summed E-state index contributed by atoms with van der Waals surface area (Å²) in [6, 6.07) is 2.28. The maximum absolute atomic E-state index is 3.41. The zero-order chi connectivity index (χ0) is 9.10. The average molecular weight is 196 g/mol. The molecule has 0 spiro atoms. The molecule has 72 valence electrons. The first kappa shape index (κ1) is 9.19. The summed E-state index contributed by atoms with van der Waals surface area (Å²) in [5.41, 5.74) is 4.86. The van der Waals surface area contributed by atoms with Crippen LogP contribution in [0.15, 0.2) is 11.4 Å². The molecule has 1 N–H and O–H groups in total. The Kier molecular flexibility index (Phi) is 2.98. The quantitative estimate of drug-likeness (QED) is 0.779. The topological polar surface area (TPSA) is 15.3 Å². The molecule has 1 saturated heterocycles. The Hall–Kier alpha value is -0.380. The fraction of sp³-hybridized carbons (Fsp3) is 0.600. The minimum absolute atomic E-state index is 1.06. The molecule has 1 fully saturated rings. The van der Waals surface area contributed by atoms with Crippen LogP contribution in [0.4, 0.5) is 0 Å². The zero-order valence-electron chi connectivity index (χ0n) is 8.05. The number of thiophene rings is 1. The predicted molar refractivity (Wildman–Crippen MR) is 56.7 cm³/mol. The molecule has 0 aliphatic carbocycles. The number of hydrogen-bond donors (Lipinski definition) is 1. The lowest BCUT2D eigenvalue weighted by molar-refractivity contribution is 0.144. The van der Waals surface area contributed by atoms with Crippen molar-refractivity contribution < 1.29 is 0 Å². The standard InChI is InChI=1S/C10H16N2S/c1-9-6-10(8-13-9)7-12-5-3-2-4-11-12/h6,8,11H,2-5,7H2,1H3. The van der Waals surface area contributed by atoms with Crippen molar-refractivity contribution in [3.8, 4) is 0 Å². The highest BCUT2D eigenvalue weighted by molar-refractivity contribution is 7.10. The Morgan fingerprint density at radius 3 is 3.08 bits per heavy atom. The van der Waals surface area contributed by atoms with E-state index in [1.807, 2.05) is 11.3 Å². The number of aryl methyl sites for hydroxylation is 1. The first-order valence-corrected chi connectivity index (χ1v) is 5.75. The summed E-state index contributed by atoms with van der Waals surface area (Å²) in [6.45, 7) is 5.56. The third-order valence-corrected chi connectivity index (χ3v) is 3.26. The van der Waals surface area contributed by atoms with E-state index in [1.165, 1.54) is 29.8 Å². The van der Waals surface area contributed by atoms with E-state index in [-0.39, 0.29) is 0 Å². The molecule has 0 atom stereocenters. The van der Waals surface area contributed by atoms with Crippen LogP contribution in [0.1, 0.15) is 23.3 Å². The van der Waals surface area contributed by atoms with Gasteiger partial charge in [-0.05, 0) is 36.8 Å². The first-order valence-electron chi connectivity index (χ1n) is 4.87. The molecule has 13 heavy (non-hydrogen) atoms. The lowest BCUT2D eigenvalue weighted by Crippen LogP contribution is -2.42. The molecule has 0 bridgehead atoms. The number of hydrazine groups is 1. The molecule has 0 radical (unpaired) electrons. The summed E-state index contributed by atoms with van der Waals surface area (Å²) in [5.74, 6) is 0. The van der Waals surface area contributed by atoms with Crippen molar-refractivity contribution >= 4 is 11.3 Å². The van der Waals surface area contributed by atoms with Crippen molar-refractivity contribution in [2.45, 2.75) is 26.3 Å². The van der Waals surface area contributed by atoms with E-state index in [9.17, 15) is 0 Å². The molecule has 2 rings (SSSR count). The second kappa shape index (κ2) is 4.22. The van der Waals surface area contributed by atoms with E-state index < -0.39 is 0 Å². The van der Waals surface area contributed by atoms with Crippen molar-refractivity contribution in [3.05, 3.63) is 21.9 Å². The van der Waals surface area contributed by atoms with Crippen LogP contribution in [0.5, 0.6) is 0 Å². The highest BCUT2D eigenvalue weighted by Crippen LogP contribution is 2.15. The first-order chi connectivity index (χ1) is 6.34. The molecule has 0 amide bonds. The van der Waals surface area contributed by atoms with Crippen molar-refractivity contribution in [2.75, 3.05) is 13.1 Å². The Labute approximate surface area is 83.5 Å².